The van der Waals surface area contributed by atoms with Gasteiger partial charge in [0.25, 0.3) is 0 Å². The van der Waals surface area contributed by atoms with Crippen molar-refractivity contribution in [3.8, 4) is 0 Å². The minimum Gasteiger partial charge on any atom is -0.348 e. The second kappa shape index (κ2) is 7.43. The number of benzene rings is 1. The van der Waals surface area contributed by atoms with Gasteiger partial charge in [0.2, 0.25) is 0 Å². The van der Waals surface area contributed by atoms with Gasteiger partial charge in [-0.15, -0.1) is 0 Å². The summed E-state index contributed by atoms with van der Waals surface area (Å²) in [5, 5.41) is 9.11. The molecule has 1 heterocycles. The molecule has 0 aromatic heterocycles. The summed E-state index contributed by atoms with van der Waals surface area (Å²) in [6, 6.07) is 5.20. The maximum atomic E-state index is 11.9. The number of amides is 2. The SMILES string of the molecule is Cc1c(Cl)cccc1NC(=O)C(=O)NCC1CCNCC1. The molecule has 5 nitrogen and oxygen atoms in total. The second-order valence-electron chi connectivity index (χ2n) is 5.27. The molecule has 2 rings (SSSR count). The molecule has 114 valence electrons. The summed E-state index contributed by atoms with van der Waals surface area (Å²) < 4.78 is 0. The third kappa shape index (κ3) is 4.44. The molecule has 1 saturated heterocycles. The number of halogens is 1. The predicted octanol–water partition coefficient (Wildman–Crippen LogP) is 1.70. The first-order valence-corrected chi connectivity index (χ1v) is 7.50. The summed E-state index contributed by atoms with van der Waals surface area (Å²) in [7, 11) is 0. The Morgan fingerprint density at radius 2 is 2.00 bits per heavy atom. The van der Waals surface area contributed by atoms with E-state index in [0.717, 1.165) is 31.5 Å². The topological polar surface area (TPSA) is 70.2 Å². The molecule has 1 aromatic carbocycles. The average Bonchev–Trinajstić information content (AvgIpc) is 2.50. The van der Waals surface area contributed by atoms with Crippen LogP contribution in [-0.4, -0.2) is 31.4 Å². The molecule has 0 unspecified atom stereocenters. The van der Waals surface area contributed by atoms with Gasteiger partial charge in [-0.2, -0.15) is 0 Å². The van der Waals surface area contributed by atoms with Crippen molar-refractivity contribution >= 4 is 29.1 Å². The van der Waals surface area contributed by atoms with Crippen LogP contribution in [0.3, 0.4) is 0 Å². The Kier molecular flexibility index (Phi) is 5.59. The largest absolute Gasteiger partial charge is 0.348 e. The molecule has 0 bridgehead atoms. The van der Waals surface area contributed by atoms with Gasteiger partial charge in [0.15, 0.2) is 0 Å². The van der Waals surface area contributed by atoms with Crippen molar-refractivity contribution in [2.75, 3.05) is 25.0 Å². The molecular weight excluding hydrogens is 290 g/mol. The molecule has 1 aliphatic rings. The third-order valence-electron chi connectivity index (χ3n) is 3.73. The predicted molar refractivity (Wildman–Crippen MR) is 83.4 cm³/mol. The van der Waals surface area contributed by atoms with E-state index in [4.69, 9.17) is 11.6 Å². The van der Waals surface area contributed by atoms with Crippen LogP contribution in [0.2, 0.25) is 5.02 Å². The highest BCUT2D eigenvalue weighted by molar-refractivity contribution is 6.40. The van der Waals surface area contributed by atoms with Crippen molar-refractivity contribution < 1.29 is 9.59 Å². The molecule has 21 heavy (non-hydrogen) atoms. The quantitative estimate of drug-likeness (QED) is 0.744. The summed E-state index contributed by atoms with van der Waals surface area (Å²) in [5.74, 6) is -0.821. The molecule has 0 radical (unpaired) electrons. The summed E-state index contributed by atoms with van der Waals surface area (Å²) in [6.45, 7) is 4.27. The Labute approximate surface area is 129 Å². The molecule has 1 aromatic rings. The van der Waals surface area contributed by atoms with Crippen LogP contribution in [0.4, 0.5) is 5.69 Å². The lowest BCUT2D eigenvalue weighted by atomic mass is 9.98. The molecular formula is C15H20ClN3O2. The lowest BCUT2D eigenvalue weighted by Crippen LogP contribution is -2.40. The van der Waals surface area contributed by atoms with Gasteiger partial charge in [-0.3, -0.25) is 9.59 Å². The zero-order valence-corrected chi connectivity index (χ0v) is 12.8. The first-order valence-electron chi connectivity index (χ1n) is 7.13. The van der Waals surface area contributed by atoms with Crippen molar-refractivity contribution in [1.82, 2.24) is 10.6 Å². The number of rotatable bonds is 3. The van der Waals surface area contributed by atoms with Crippen LogP contribution < -0.4 is 16.0 Å². The van der Waals surface area contributed by atoms with Crippen molar-refractivity contribution in [2.24, 2.45) is 5.92 Å². The summed E-state index contributed by atoms with van der Waals surface area (Å²) >= 11 is 5.98. The maximum absolute atomic E-state index is 11.9. The van der Waals surface area contributed by atoms with E-state index in [1.54, 1.807) is 25.1 Å². The minimum absolute atomic E-state index is 0.441. The third-order valence-corrected chi connectivity index (χ3v) is 4.14. The monoisotopic (exact) mass is 309 g/mol. The molecule has 0 atom stereocenters. The van der Waals surface area contributed by atoms with Gasteiger partial charge in [-0.25, -0.2) is 0 Å². The second-order valence-corrected chi connectivity index (χ2v) is 5.68. The molecule has 0 saturated carbocycles. The normalized spacial score (nSPS) is 15.5. The van der Waals surface area contributed by atoms with Crippen LogP contribution >= 0.6 is 11.6 Å². The van der Waals surface area contributed by atoms with Gasteiger partial charge in [0.1, 0.15) is 0 Å². The van der Waals surface area contributed by atoms with Crippen LogP contribution in [0.1, 0.15) is 18.4 Å². The highest BCUT2D eigenvalue weighted by Gasteiger charge is 2.18. The lowest BCUT2D eigenvalue weighted by Gasteiger charge is -2.22. The number of anilines is 1. The van der Waals surface area contributed by atoms with Gasteiger partial charge >= 0.3 is 11.8 Å². The van der Waals surface area contributed by atoms with Crippen molar-refractivity contribution in [2.45, 2.75) is 19.8 Å². The van der Waals surface area contributed by atoms with E-state index in [1.165, 1.54) is 0 Å². The fraction of sp³-hybridized carbons (Fsp3) is 0.467. The van der Waals surface area contributed by atoms with Gasteiger partial charge in [-0.1, -0.05) is 17.7 Å². The van der Waals surface area contributed by atoms with E-state index in [2.05, 4.69) is 16.0 Å². The number of carbonyl (C=O) groups is 2. The molecule has 3 N–H and O–H groups in total. The lowest BCUT2D eigenvalue weighted by molar-refractivity contribution is -0.136. The molecule has 0 aliphatic carbocycles. The molecule has 2 amide bonds. The van der Waals surface area contributed by atoms with Crippen LogP contribution in [0.5, 0.6) is 0 Å². The Morgan fingerprint density at radius 3 is 2.71 bits per heavy atom. The van der Waals surface area contributed by atoms with Gasteiger partial charge in [0, 0.05) is 17.3 Å². The molecule has 1 aliphatic heterocycles. The fourth-order valence-electron chi connectivity index (χ4n) is 2.33. The summed E-state index contributed by atoms with van der Waals surface area (Å²) in [5.41, 5.74) is 1.31. The summed E-state index contributed by atoms with van der Waals surface area (Å²) in [4.78, 5) is 23.7. The first-order chi connectivity index (χ1) is 10.1. The minimum atomic E-state index is -0.658. The molecule has 0 spiro atoms. The number of piperidine rings is 1. The van der Waals surface area contributed by atoms with E-state index >= 15 is 0 Å². The number of hydrogen-bond acceptors (Lipinski definition) is 3. The Balaban J connectivity index is 1.84. The van der Waals surface area contributed by atoms with Crippen LogP contribution in [0.15, 0.2) is 18.2 Å². The van der Waals surface area contributed by atoms with Gasteiger partial charge < -0.3 is 16.0 Å². The fourth-order valence-corrected chi connectivity index (χ4v) is 2.50. The highest BCUT2D eigenvalue weighted by atomic mass is 35.5. The smallest absolute Gasteiger partial charge is 0.313 e. The van der Waals surface area contributed by atoms with E-state index in [1.807, 2.05) is 0 Å². The van der Waals surface area contributed by atoms with E-state index in [-0.39, 0.29) is 0 Å². The standard InChI is InChI=1S/C15H20ClN3O2/c1-10-12(16)3-2-4-13(10)19-15(21)14(20)18-9-11-5-7-17-8-6-11/h2-4,11,17H,5-9H2,1H3,(H,18,20)(H,19,21). The van der Waals surface area contributed by atoms with Crippen molar-refractivity contribution in [3.05, 3.63) is 28.8 Å². The molecule has 1 fully saturated rings. The summed E-state index contributed by atoms with van der Waals surface area (Å²) in [6.07, 6.45) is 2.05. The number of hydrogen-bond donors (Lipinski definition) is 3. The average molecular weight is 310 g/mol. The van der Waals surface area contributed by atoms with Crippen molar-refractivity contribution in [3.63, 3.8) is 0 Å². The van der Waals surface area contributed by atoms with Gasteiger partial charge in [-0.05, 0) is 56.5 Å². The number of nitrogens with one attached hydrogen (secondary N) is 3. The van der Waals surface area contributed by atoms with E-state index in [0.29, 0.717) is 23.2 Å². The van der Waals surface area contributed by atoms with Crippen LogP contribution in [0.25, 0.3) is 0 Å². The van der Waals surface area contributed by atoms with Crippen LogP contribution in [-0.2, 0) is 9.59 Å². The van der Waals surface area contributed by atoms with Crippen molar-refractivity contribution in [1.29, 1.82) is 0 Å². The zero-order chi connectivity index (χ0) is 15.2. The Hall–Kier alpha value is -1.59. The van der Waals surface area contributed by atoms with E-state index in [9.17, 15) is 9.59 Å². The Morgan fingerprint density at radius 1 is 1.29 bits per heavy atom. The van der Waals surface area contributed by atoms with Crippen LogP contribution in [0, 0.1) is 12.8 Å². The first kappa shape index (κ1) is 15.8. The van der Waals surface area contributed by atoms with Gasteiger partial charge in [0.05, 0.1) is 0 Å². The highest BCUT2D eigenvalue weighted by Crippen LogP contribution is 2.22. The Bertz CT molecular complexity index is 528. The maximum Gasteiger partial charge on any atom is 0.313 e. The number of carbonyl (C=O) groups excluding carboxylic acids is 2. The zero-order valence-electron chi connectivity index (χ0n) is 12.0. The van der Waals surface area contributed by atoms with E-state index < -0.39 is 11.8 Å². The molecule has 6 heteroatoms.